The predicted molar refractivity (Wildman–Crippen MR) is 126 cm³/mol. The third-order valence-electron chi connectivity index (χ3n) is 5.64. The van der Waals surface area contributed by atoms with Crippen LogP contribution in [-0.2, 0) is 27.0 Å². The Hall–Kier alpha value is -2.57. The van der Waals surface area contributed by atoms with E-state index in [2.05, 4.69) is 31.4 Å². The maximum atomic E-state index is 13.1. The van der Waals surface area contributed by atoms with Gasteiger partial charge < -0.3 is 10.6 Å². The number of benzene rings is 2. The number of imide groups is 1. The van der Waals surface area contributed by atoms with E-state index in [4.69, 9.17) is 23.2 Å². The van der Waals surface area contributed by atoms with E-state index >= 15 is 0 Å². The van der Waals surface area contributed by atoms with Crippen molar-refractivity contribution in [2.24, 2.45) is 0 Å². The SMILES string of the molecule is CC(C)(C)c1ccc([C@@]2(C)NC(=O)N(CC(=O)NCCc3ccc(Cl)cc3Cl)C2=O)cc1. The number of carbonyl (C=O) groups excluding carboxylic acids is 3. The molecule has 2 N–H and O–H groups in total. The van der Waals surface area contributed by atoms with Gasteiger partial charge in [-0.15, -0.1) is 0 Å². The Balaban J connectivity index is 1.62. The van der Waals surface area contributed by atoms with Crippen LogP contribution in [0, 0.1) is 0 Å². The first-order valence-electron chi connectivity index (χ1n) is 10.4. The van der Waals surface area contributed by atoms with Gasteiger partial charge in [0, 0.05) is 16.6 Å². The molecule has 1 heterocycles. The summed E-state index contributed by atoms with van der Waals surface area (Å²) in [6.45, 7) is 7.93. The summed E-state index contributed by atoms with van der Waals surface area (Å²) in [7, 11) is 0. The van der Waals surface area contributed by atoms with Crippen LogP contribution >= 0.6 is 23.2 Å². The fraction of sp³-hybridized carbons (Fsp3) is 0.375. The summed E-state index contributed by atoms with van der Waals surface area (Å²) in [6, 6.07) is 12.2. The van der Waals surface area contributed by atoms with Gasteiger partial charge in [-0.2, -0.15) is 0 Å². The monoisotopic (exact) mass is 475 g/mol. The van der Waals surface area contributed by atoms with E-state index in [1.807, 2.05) is 24.3 Å². The first-order chi connectivity index (χ1) is 14.9. The predicted octanol–water partition coefficient (Wildman–Crippen LogP) is 4.42. The Morgan fingerprint density at radius 2 is 1.75 bits per heavy atom. The average molecular weight is 476 g/mol. The molecule has 170 valence electrons. The van der Waals surface area contributed by atoms with Crippen LogP contribution in [-0.4, -0.2) is 35.8 Å². The zero-order valence-electron chi connectivity index (χ0n) is 18.6. The van der Waals surface area contributed by atoms with Gasteiger partial charge in [0.05, 0.1) is 0 Å². The topological polar surface area (TPSA) is 78.5 Å². The summed E-state index contributed by atoms with van der Waals surface area (Å²) < 4.78 is 0. The molecule has 2 aromatic rings. The molecule has 0 radical (unpaired) electrons. The van der Waals surface area contributed by atoms with Gasteiger partial charge in [0.15, 0.2) is 0 Å². The van der Waals surface area contributed by atoms with Crippen LogP contribution in [0.25, 0.3) is 0 Å². The van der Waals surface area contributed by atoms with Crippen LogP contribution in [0.5, 0.6) is 0 Å². The average Bonchev–Trinajstić information content (AvgIpc) is 2.93. The molecule has 1 fully saturated rings. The summed E-state index contributed by atoms with van der Waals surface area (Å²) in [5.41, 5.74) is 1.40. The van der Waals surface area contributed by atoms with Crippen LogP contribution in [0.2, 0.25) is 10.0 Å². The van der Waals surface area contributed by atoms with Crippen molar-refractivity contribution in [1.29, 1.82) is 0 Å². The summed E-state index contributed by atoms with van der Waals surface area (Å²) >= 11 is 12.0. The summed E-state index contributed by atoms with van der Waals surface area (Å²) in [4.78, 5) is 38.9. The minimum atomic E-state index is -1.22. The normalized spacial score (nSPS) is 18.6. The third kappa shape index (κ3) is 5.08. The van der Waals surface area contributed by atoms with Gasteiger partial charge in [0.2, 0.25) is 5.91 Å². The Bertz CT molecular complexity index is 1050. The van der Waals surface area contributed by atoms with Gasteiger partial charge in [-0.3, -0.25) is 14.5 Å². The quantitative estimate of drug-likeness (QED) is 0.606. The van der Waals surface area contributed by atoms with Crippen molar-refractivity contribution in [3.05, 3.63) is 69.2 Å². The van der Waals surface area contributed by atoms with Crippen LogP contribution < -0.4 is 10.6 Å². The second-order valence-corrected chi connectivity index (χ2v) is 9.95. The Kier molecular flexibility index (Phi) is 6.86. The van der Waals surface area contributed by atoms with Crippen LogP contribution in [0.3, 0.4) is 0 Å². The van der Waals surface area contributed by atoms with Crippen LogP contribution in [0.15, 0.2) is 42.5 Å². The van der Waals surface area contributed by atoms with Crippen molar-refractivity contribution in [3.8, 4) is 0 Å². The zero-order chi connectivity index (χ0) is 23.7. The van der Waals surface area contributed by atoms with Gasteiger partial charge in [-0.05, 0) is 47.6 Å². The summed E-state index contributed by atoms with van der Waals surface area (Å²) in [5.74, 6) is -0.882. The molecule has 0 aliphatic carbocycles. The smallest absolute Gasteiger partial charge is 0.325 e. The van der Waals surface area contributed by atoms with E-state index in [1.54, 1.807) is 25.1 Å². The number of hydrogen-bond acceptors (Lipinski definition) is 3. The largest absolute Gasteiger partial charge is 0.354 e. The Morgan fingerprint density at radius 1 is 1.09 bits per heavy atom. The lowest BCUT2D eigenvalue weighted by Crippen LogP contribution is -2.43. The van der Waals surface area contributed by atoms with Crippen molar-refractivity contribution in [1.82, 2.24) is 15.5 Å². The van der Waals surface area contributed by atoms with Crippen molar-refractivity contribution >= 4 is 41.0 Å². The number of nitrogens with one attached hydrogen (secondary N) is 2. The lowest BCUT2D eigenvalue weighted by molar-refractivity contribution is -0.134. The van der Waals surface area contributed by atoms with E-state index in [1.165, 1.54) is 0 Å². The molecular formula is C24H27Cl2N3O3. The van der Waals surface area contributed by atoms with Crippen LogP contribution in [0.4, 0.5) is 4.79 Å². The number of rotatable bonds is 6. The van der Waals surface area contributed by atoms with Crippen LogP contribution in [0.1, 0.15) is 44.4 Å². The third-order valence-corrected chi connectivity index (χ3v) is 6.22. The molecule has 6 nitrogen and oxygen atoms in total. The molecule has 1 atom stereocenters. The number of amides is 4. The van der Waals surface area contributed by atoms with Gasteiger partial charge >= 0.3 is 6.03 Å². The summed E-state index contributed by atoms with van der Waals surface area (Å²) in [5, 5.41) is 6.52. The highest BCUT2D eigenvalue weighted by molar-refractivity contribution is 6.35. The molecule has 0 spiro atoms. The first-order valence-corrected chi connectivity index (χ1v) is 11.1. The molecule has 1 saturated heterocycles. The molecule has 3 rings (SSSR count). The number of halogens is 2. The second kappa shape index (κ2) is 9.12. The number of nitrogens with zero attached hydrogens (tertiary/aromatic N) is 1. The van der Waals surface area contributed by atoms with E-state index in [0.717, 1.165) is 16.0 Å². The van der Waals surface area contributed by atoms with E-state index in [9.17, 15) is 14.4 Å². The summed E-state index contributed by atoms with van der Waals surface area (Å²) in [6.07, 6.45) is 0.500. The molecule has 2 aromatic carbocycles. The zero-order valence-corrected chi connectivity index (χ0v) is 20.1. The highest BCUT2D eigenvalue weighted by atomic mass is 35.5. The molecule has 0 aromatic heterocycles. The fourth-order valence-electron chi connectivity index (χ4n) is 3.60. The number of carbonyl (C=O) groups is 3. The van der Waals surface area contributed by atoms with Gasteiger partial charge in [0.25, 0.3) is 5.91 Å². The molecule has 32 heavy (non-hydrogen) atoms. The second-order valence-electron chi connectivity index (χ2n) is 9.11. The van der Waals surface area contributed by atoms with E-state index in [0.29, 0.717) is 28.6 Å². The number of hydrogen-bond donors (Lipinski definition) is 2. The molecule has 1 aliphatic heterocycles. The van der Waals surface area contributed by atoms with Crippen molar-refractivity contribution in [2.75, 3.05) is 13.1 Å². The highest BCUT2D eigenvalue weighted by Gasteiger charge is 2.49. The maximum Gasteiger partial charge on any atom is 0.325 e. The minimum Gasteiger partial charge on any atom is -0.354 e. The highest BCUT2D eigenvalue weighted by Crippen LogP contribution is 2.31. The molecule has 1 aliphatic rings. The maximum absolute atomic E-state index is 13.1. The Morgan fingerprint density at radius 3 is 2.34 bits per heavy atom. The molecule has 0 saturated carbocycles. The van der Waals surface area contributed by atoms with Gasteiger partial charge in [-0.25, -0.2) is 4.79 Å². The lowest BCUT2D eigenvalue weighted by Gasteiger charge is -2.24. The van der Waals surface area contributed by atoms with E-state index in [-0.39, 0.29) is 12.0 Å². The standard InChI is InChI=1S/C24H27Cl2N3O3/c1-23(2,3)16-6-8-17(9-7-16)24(4)21(31)29(22(32)28-24)14-20(30)27-12-11-15-5-10-18(25)13-19(15)26/h5-10,13H,11-12,14H2,1-4H3,(H,27,30)(H,28,32)/t24-/m1/s1. The fourth-order valence-corrected chi connectivity index (χ4v) is 4.10. The first kappa shape index (κ1) is 24.1. The van der Waals surface area contributed by atoms with Gasteiger partial charge in [0.1, 0.15) is 12.1 Å². The number of urea groups is 1. The molecule has 0 bridgehead atoms. The minimum absolute atomic E-state index is 0.0251. The molecule has 0 unspecified atom stereocenters. The molecule has 4 amide bonds. The van der Waals surface area contributed by atoms with Crippen molar-refractivity contribution in [2.45, 2.75) is 45.1 Å². The van der Waals surface area contributed by atoms with Gasteiger partial charge in [-0.1, -0.05) is 74.3 Å². The van der Waals surface area contributed by atoms with Crippen molar-refractivity contribution < 1.29 is 14.4 Å². The van der Waals surface area contributed by atoms with Crippen molar-refractivity contribution in [3.63, 3.8) is 0 Å². The lowest BCUT2D eigenvalue weighted by atomic mass is 9.84. The molecular weight excluding hydrogens is 449 g/mol. The van der Waals surface area contributed by atoms with E-state index < -0.39 is 23.4 Å². The Labute approximate surface area is 198 Å². The molecule has 8 heteroatoms.